The van der Waals surface area contributed by atoms with Crippen molar-refractivity contribution in [3.05, 3.63) is 29.8 Å². The molecule has 1 unspecified atom stereocenters. The summed E-state index contributed by atoms with van der Waals surface area (Å²) in [7, 11) is 3.27. The lowest BCUT2D eigenvalue weighted by atomic mass is 10.1. The summed E-state index contributed by atoms with van der Waals surface area (Å²) in [4.78, 5) is 12.9. The summed E-state index contributed by atoms with van der Waals surface area (Å²) in [5.41, 5.74) is 0.739. The van der Waals surface area contributed by atoms with Crippen molar-refractivity contribution in [3.63, 3.8) is 0 Å². The second-order valence-electron chi connectivity index (χ2n) is 3.40. The highest BCUT2D eigenvalue weighted by Gasteiger charge is 2.18. The molecule has 1 atom stereocenters. The Kier molecular flexibility index (Phi) is 3.55. The highest BCUT2D eigenvalue weighted by atomic mass is 16.3. The standard InChI is InChI=1S/C11H16N2O2/c1-8(13(3)11(15)12-2)9-6-4-5-7-10(9)14/h4-8,14H,1-3H3,(H,12,15). The van der Waals surface area contributed by atoms with Crippen LogP contribution in [0.4, 0.5) is 4.79 Å². The van der Waals surface area contributed by atoms with E-state index in [9.17, 15) is 9.90 Å². The van der Waals surface area contributed by atoms with Gasteiger partial charge >= 0.3 is 6.03 Å². The van der Waals surface area contributed by atoms with Crippen LogP contribution in [0.2, 0.25) is 0 Å². The Morgan fingerprint density at radius 3 is 2.60 bits per heavy atom. The number of aromatic hydroxyl groups is 1. The molecule has 1 aromatic carbocycles. The molecule has 0 saturated heterocycles. The van der Waals surface area contributed by atoms with E-state index in [2.05, 4.69) is 5.32 Å². The monoisotopic (exact) mass is 208 g/mol. The first-order valence-electron chi connectivity index (χ1n) is 4.80. The number of hydrogen-bond acceptors (Lipinski definition) is 2. The van der Waals surface area contributed by atoms with E-state index in [0.29, 0.717) is 0 Å². The van der Waals surface area contributed by atoms with Gasteiger partial charge in [-0.1, -0.05) is 18.2 Å². The molecule has 4 nitrogen and oxygen atoms in total. The Labute approximate surface area is 89.5 Å². The molecule has 0 bridgehead atoms. The van der Waals surface area contributed by atoms with Gasteiger partial charge in [-0.2, -0.15) is 0 Å². The molecule has 0 saturated carbocycles. The summed E-state index contributed by atoms with van der Waals surface area (Å²) in [6.07, 6.45) is 0. The molecule has 0 radical (unpaired) electrons. The van der Waals surface area contributed by atoms with Crippen LogP contribution in [0, 0.1) is 0 Å². The third kappa shape index (κ3) is 2.40. The fourth-order valence-electron chi connectivity index (χ4n) is 1.40. The van der Waals surface area contributed by atoms with Gasteiger partial charge in [0.15, 0.2) is 0 Å². The second kappa shape index (κ2) is 4.68. The molecule has 1 aromatic rings. The van der Waals surface area contributed by atoms with E-state index in [1.165, 1.54) is 4.90 Å². The van der Waals surface area contributed by atoms with E-state index in [0.717, 1.165) is 5.56 Å². The van der Waals surface area contributed by atoms with Crippen LogP contribution in [0.3, 0.4) is 0 Å². The number of nitrogens with zero attached hydrogens (tertiary/aromatic N) is 1. The summed E-state index contributed by atoms with van der Waals surface area (Å²) in [5.74, 6) is 0.209. The minimum Gasteiger partial charge on any atom is -0.508 e. The van der Waals surface area contributed by atoms with E-state index in [1.807, 2.05) is 13.0 Å². The number of benzene rings is 1. The second-order valence-corrected chi connectivity index (χ2v) is 3.40. The maximum atomic E-state index is 11.4. The number of rotatable bonds is 2. The molecule has 82 valence electrons. The Balaban J connectivity index is 2.89. The van der Waals surface area contributed by atoms with E-state index in [1.54, 1.807) is 32.3 Å². The van der Waals surface area contributed by atoms with Crippen molar-refractivity contribution in [1.82, 2.24) is 10.2 Å². The van der Waals surface area contributed by atoms with Crippen molar-refractivity contribution >= 4 is 6.03 Å². The molecule has 0 aliphatic carbocycles. The van der Waals surface area contributed by atoms with Gasteiger partial charge in [0.25, 0.3) is 0 Å². The topological polar surface area (TPSA) is 52.6 Å². The Morgan fingerprint density at radius 2 is 2.07 bits per heavy atom. The zero-order valence-corrected chi connectivity index (χ0v) is 9.19. The van der Waals surface area contributed by atoms with Crippen LogP contribution in [0.15, 0.2) is 24.3 Å². The molecule has 4 heteroatoms. The van der Waals surface area contributed by atoms with Crippen LogP contribution in [0.5, 0.6) is 5.75 Å². The third-order valence-corrected chi connectivity index (χ3v) is 2.50. The number of phenolic OH excluding ortho intramolecular Hbond substituents is 1. The maximum absolute atomic E-state index is 11.4. The van der Waals surface area contributed by atoms with Crippen LogP contribution in [-0.4, -0.2) is 30.1 Å². The molecule has 0 aliphatic heterocycles. The highest BCUT2D eigenvalue weighted by molar-refractivity contribution is 5.74. The summed E-state index contributed by atoms with van der Waals surface area (Å²) >= 11 is 0. The van der Waals surface area contributed by atoms with Gasteiger partial charge in [0, 0.05) is 19.7 Å². The average molecular weight is 208 g/mol. The zero-order chi connectivity index (χ0) is 11.4. The van der Waals surface area contributed by atoms with Crippen LogP contribution in [0.1, 0.15) is 18.5 Å². The van der Waals surface area contributed by atoms with Crippen molar-refractivity contribution in [1.29, 1.82) is 0 Å². The largest absolute Gasteiger partial charge is 0.508 e. The third-order valence-electron chi connectivity index (χ3n) is 2.50. The Morgan fingerprint density at radius 1 is 1.47 bits per heavy atom. The minimum absolute atomic E-state index is 0.161. The quantitative estimate of drug-likeness (QED) is 0.777. The van der Waals surface area contributed by atoms with Crippen molar-refractivity contribution in [2.24, 2.45) is 0 Å². The zero-order valence-electron chi connectivity index (χ0n) is 9.19. The molecule has 0 aromatic heterocycles. The average Bonchev–Trinajstić information content (AvgIpc) is 2.26. The summed E-state index contributed by atoms with van der Waals surface area (Å²) in [5, 5.41) is 12.2. The van der Waals surface area contributed by atoms with Gasteiger partial charge in [0.1, 0.15) is 5.75 Å². The number of hydrogen-bond donors (Lipinski definition) is 2. The maximum Gasteiger partial charge on any atom is 0.317 e. The van der Waals surface area contributed by atoms with Crippen molar-refractivity contribution in [2.75, 3.05) is 14.1 Å². The smallest absolute Gasteiger partial charge is 0.317 e. The molecule has 0 fully saturated rings. The fraction of sp³-hybridized carbons (Fsp3) is 0.364. The minimum atomic E-state index is -0.175. The molecule has 0 heterocycles. The van der Waals surface area contributed by atoms with Crippen molar-refractivity contribution in [2.45, 2.75) is 13.0 Å². The van der Waals surface area contributed by atoms with Gasteiger partial charge in [0.2, 0.25) is 0 Å². The van der Waals surface area contributed by atoms with Crippen LogP contribution in [-0.2, 0) is 0 Å². The first kappa shape index (κ1) is 11.4. The van der Waals surface area contributed by atoms with Crippen molar-refractivity contribution < 1.29 is 9.90 Å². The lowest BCUT2D eigenvalue weighted by molar-refractivity contribution is 0.196. The fourth-order valence-corrected chi connectivity index (χ4v) is 1.40. The number of para-hydroxylation sites is 1. The van der Waals surface area contributed by atoms with Crippen LogP contribution >= 0.6 is 0 Å². The van der Waals surface area contributed by atoms with Gasteiger partial charge < -0.3 is 15.3 Å². The summed E-state index contributed by atoms with van der Waals surface area (Å²) < 4.78 is 0. The molecule has 2 N–H and O–H groups in total. The van der Waals surface area contributed by atoms with Gasteiger partial charge in [-0.05, 0) is 13.0 Å². The summed E-state index contributed by atoms with van der Waals surface area (Å²) in [6.45, 7) is 1.87. The first-order valence-corrected chi connectivity index (χ1v) is 4.80. The molecular formula is C11H16N2O2. The van der Waals surface area contributed by atoms with Crippen LogP contribution < -0.4 is 5.32 Å². The normalized spacial score (nSPS) is 11.9. The van der Waals surface area contributed by atoms with Crippen LogP contribution in [0.25, 0.3) is 0 Å². The van der Waals surface area contributed by atoms with Crippen molar-refractivity contribution in [3.8, 4) is 5.75 Å². The lowest BCUT2D eigenvalue weighted by Crippen LogP contribution is -2.36. The Hall–Kier alpha value is -1.71. The van der Waals surface area contributed by atoms with Gasteiger partial charge in [-0.15, -0.1) is 0 Å². The Bertz CT molecular complexity index is 352. The van der Waals surface area contributed by atoms with E-state index in [-0.39, 0.29) is 17.8 Å². The number of phenols is 1. The highest BCUT2D eigenvalue weighted by Crippen LogP contribution is 2.26. The number of urea groups is 1. The molecule has 1 rings (SSSR count). The predicted molar refractivity (Wildman–Crippen MR) is 58.7 cm³/mol. The van der Waals surface area contributed by atoms with E-state index in [4.69, 9.17) is 0 Å². The van der Waals surface area contributed by atoms with Gasteiger partial charge in [-0.3, -0.25) is 0 Å². The molecular weight excluding hydrogens is 192 g/mol. The van der Waals surface area contributed by atoms with E-state index >= 15 is 0 Å². The summed E-state index contributed by atoms with van der Waals surface area (Å²) in [6, 6.07) is 6.68. The number of amides is 2. The first-order chi connectivity index (χ1) is 7.07. The molecule has 0 spiro atoms. The molecule has 15 heavy (non-hydrogen) atoms. The molecule has 2 amide bonds. The molecule has 0 aliphatic rings. The lowest BCUT2D eigenvalue weighted by Gasteiger charge is -2.25. The van der Waals surface area contributed by atoms with E-state index < -0.39 is 0 Å². The van der Waals surface area contributed by atoms with Gasteiger partial charge in [-0.25, -0.2) is 4.79 Å². The predicted octanol–water partition coefficient (Wildman–Crippen LogP) is 1.72. The number of carbonyl (C=O) groups is 1. The van der Waals surface area contributed by atoms with Gasteiger partial charge in [0.05, 0.1) is 6.04 Å². The number of carbonyl (C=O) groups excluding carboxylic acids is 1. The SMILES string of the molecule is CNC(=O)N(C)C(C)c1ccccc1O. The number of nitrogens with one attached hydrogen (secondary N) is 1.